The Morgan fingerprint density at radius 3 is 2.47 bits per heavy atom. The lowest BCUT2D eigenvalue weighted by Gasteiger charge is -2.01. The Balaban J connectivity index is 2.57. The molecule has 100 valence electrons. The van der Waals surface area contributed by atoms with Gasteiger partial charge in [-0.1, -0.05) is 13.8 Å². The van der Waals surface area contributed by atoms with Crippen LogP contribution in [-0.4, -0.2) is 18.9 Å². The van der Waals surface area contributed by atoms with Crippen LogP contribution in [0.25, 0.3) is 11.0 Å². The van der Waals surface area contributed by atoms with Gasteiger partial charge in [0.2, 0.25) is 5.78 Å². The second kappa shape index (κ2) is 4.88. The van der Waals surface area contributed by atoms with E-state index < -0.39 is 5.97 Å². The lowest BCUT2D eigenvalue weighted by Crippen LogP contribution is -2.05. The van der Waals surface area contributed by atoms with Gasteiger partial charge < -0.3 is 9.15 Å². The number of hydrogen-bond acceptors (Lipinski definition) is 4. The van der Waals surface area contributed by atoms with E-state index >= 15 is 0 Å². The van der Waals surface area contributed by atoms with Crippen molar-refractivity contribution < 1.29 is 18.7 Å². The molecule has 19 heavy (non-hydrogen) atoms. The van der Waals surface area contributed by atoms with Gasteiger partial charge in [0.15, 0.2) is 5.76 Å². The Labute approximate surface area is 111 Å². The Kier molecular flexibility index (Phi) is 3.42. The molecule has 4 nitrogen and oxygen atoms in total. The Morgan fingerprint density at radius 1 is 1.21 bits per heavy atom. The van der Waals surface area contributed by atoms with E-state index in [1.54, 1.807) is 18.2 Å². The molecule has 0 fully saturated rings. The van der Waals surface area contributed by atoms with Crippen LogP contribution < -0.4 is 0 Å². The van der Waals surface area contributed by atoms with Crippen LogP contribution in [0.1, 0.15) is 40.3 Å². The van der Waals surface area contributed by atoms with Crippen LogP contribution in [0.4, 0.5) is 0 Å². The van der Waals surface area contributed by atoms with Crippen LogP contribution in [0.15, 0.2) is 22.6 Å². The molecule has 0 amide bonds. The molecule has 0 unspecified atom stereocenters. The van der Waals surface area contributed by atoms with E-state index in [2.05, 4.69) is 0 Å². The van der Waals surface area contributed by atoms with Gasteiger partial charge in [0.05, 0.1) is 12.7 Å². The Hall–Kier alpha value is -2.10. The Morgan fingerprint density at radius 2 is 1.89 bits per heavy atom. The molecule has 0 aliphatic carbocycles. The van der Waals surface area contributed by atoms with Crippen LogP contribution in [0.2, 0.25) is 0 Å². The molecule has 0 saturated heterocycles. The van der Waals surface area contributed by atoms with Gasteiger partial charge in [-0.3, -0.25) is 4.79 Å². The normalized spacial score (nSPS) is 11.0. The molecule has 0 N–H and O–H groups in total. The quantitative estimate of drug-likeness (QED) is 0.627. The average Bonchev–Trinajstić information content (AvgIpc) is 2.81. The van der Waals surface area contributed by atoms with Gasteiger partial charge >= 0.3 is 5.97 Å². The predicted octanol–water partition coefficient (Wildman–Crippen LogP) is 3.37. The first-order valence-corrected chi connectivity index (χ1v) is 6.10. The van der Waals surface area contributed by atoms with Crippen LogP contribution in [0.3, 0.4) is 0 Å². The monoisotopic (exact) mass is 260 g/mol. The van der Waals surface area contributed by atoms with E-state index in [1.165, 1.54) is 7.11 Å². The highest BCUT2D eigenvalue weighted by Gasteiger charge is 2.18. The van der Waals surface area contributed by atoms with Crippen LogP contribution in [-0.2, 0) is 4.74 Å². The summed E-state index contributed by atoms with van der Waals surface area (Å²) >= 11 is 0. The number of furan rings is 1. The number of ketones is 1. The fourth-order valence-corrected chi connectivity index (χ4v) is 1.97. The van der Waals surface area contributed by atoms with Crippen molar-refractivity contribution in [3.05, 3.63) is 35.1 Å². The second-order valence-electron chi connectivity index (χ2n) is 4.83. The number of ether oxygens (including phenoxy) is 1. The lowest BCUT2D eigenvalue weighted by atomic mass is 10.1. The van der Waals surface area contributed by atoms with E-state index in [1.807, 2.05) is 20.8 Å². The summed E-state index contributed by atoms with van der Waals surface area (Å²) in [6.45, 7) is 5.48. The predicted molar refractivity (Wildman–Crippen MR) is 71.5 cm³/mol. The second-order valence-corrected chi connectivity index (χ2v) is 4.83. The highest BCUT2D eigenvalue weighted by molar-refractivity contribution is 6.01. The van der Waals surface area contributed by atoms with Gasteiger partial charge in [-0.15, -0.1) is 0 Å². The first kappa shape index (κ1) is 13.3. The van der Waals surface area contributed by atoms with Crippen molar-refractivity contribution in [2.24, 2.45) is 5.92 Å². The molecular weight excluding hydrogens is 244 g/mol. The third-order valence-corrected chi connectivity index (χ3v) is 2.99. The van der Waals surface area contributed by atoms with E-state index in [0.717, 1.165) is 10.9 Å². The summed E-state index contributed by atoms with van der Waals surface area (Å²) in [4.78, 5) is 23.5. The first-order valence-electron chi connectivity index (χ1n) is 6.10. The van der Waals surface area contributed by atoms with Gasteiger partial charge in [-0.05, 0) is 30.7 Å². The number of carbonyl (C=O) groups excluding carboxylic acids is 2. The molecule has 4 heteroatoms. The molecule has 2 rings (SSSR count). The van der Waals surface area contributed by atoms with Crippen LogP contribution in [0, 0.1) is 12.8 Å². The first-order chi connectivity index (χ1) is 8.93. The highest BCUT2D eigenvalue weighted by Crippen LogP contribution is 2.26. The summed E-state index contributed by atoms with van der Waals surface area (Å²) in [6.07, 6.45) is 0. The maximum Gasteiger partial charge on any atom is 0.337 e. The molecule has 0 aliphatic rings. The molecule has 0 aliphatic heterocycles. The van der Waals surface area contributed by atoms with E-state index in [4.69, 9.17) is 9.15 Å². The van der Waals surface area contributed by atoms with Crippen LogP contribution >= 0.6 is 0 Å². The lowest BCUT2D eigenvalue weighted by molar-refractivity contribution is 0.0600. The number of aryl methyl sites for hydroxylation is 1. The zero-order valence-electron chi connectivity index (χ0n) is 11.4. The van der Waals surface area contributed by atoms with Crippen molar-refractivity contribution in [3.8, 4) is 0 Å². The number of fused-ring (bicyclic) bond motifs is 1. The summed E-state index contributed by atoms with van der Waals surface area (Å²) in [5, 5.41) is 0.740. The van der Waals surface area contributed by atoms with Gasteiger partial charge in [-0.2, -0.15) is 0 Å². The SMILES string of the molecule is COC(=O)c1cc(C)c2oc(C(=O)C(C)C)cc2c1. The number of rotatable bonds is 3. The molecule has 1 aromatic carbocycles. The summed E-state index contributed by atoms with van der Waals surface area (Å²) in [7, 11) is 1.34. The third-order valence-electron chi connectivity index (χ3n) is 2.99. The minimum atomic E-state index is -0.400. The standard InChI is InChI=1S/C15H16O4/c1-8(2)13(16)12-7-10-6-11(15(17)18-4)5-9(3)14(10)19-12/h5-8H,1-4H3. The van der Waals surface area contributed by atoms with Crippen molar-refractivity contribution in [3.63, 3.8) is 0 Å². The molecule has 1 aromatic heterocycles. The zero-order valence-corrected chi connectivity index (χ0v) is 11.4. The van der Waals surface area contributed by atoms with Gasteiger partial charge in [0.25, 0.3) is 0 Å². The van der Waals surface area contributed by atoms with Gasteiger partial charge in [0, 0.05) is 11.3 Å². The number of benzene rings is 1. The fraction of sp³-hybridized carbons (Fsp3) is 0.333. The number of hydrogen-bond donors (Lipinski definition) is 0. The average molecular weight is 260 g/mol. The minimum absolute atomic E-state index is 0.0461. The Bertz CT molecular complexity index is 649. The molecule has 0 spiro atoms. The van der Waals surface area contributed by atoms with Crippen molar-refractivity contribution >= 4 is 22.7 Å². The van der Waals surface area contributed by atoms with Crippen molar-refractivity contribution in [2.75, 3.05) is 7.11 Å². The summed E-state index contributed by atoms with van der Waals surface area (Å²) in [6, 6.07) is 5.05. The third kappa shape index (κ3) is 2.38. The van der Waals surface area contributed by atoms with Crippen molar-refractivity contribution in [1.29, 1.82) is 0 Å². The molecule has 0 bridgehead atoms. The molecular formula is C15H16O4. The van der Waals surface area contributed by atoms with Gasteiger partial charge in [0.1, 0.15) is 5.58 Å². The highest BCUT2D eigenvalue weighted by atomic mass is 16.5. The number of carbonyl (C=O) groups is 2. The molecule has 2 aromatic rings. The molecule has 0 radical (unpaired) electrons. The van der Waals surface area contributed by atoms with Crippen LogP contribution in [0.5, 0.6) is 0 Å². The summed E-state index contributed by atoms with van der Waals surface area (Å²) in [5.74, 6) is -0.241. The van der Waals surface area contributed by atoms with Crippen molar-refractivity contribution in [1.82, 2.24) is 0 Å². The van der Waals surface area contributed by atoms with E-state index in [0.29, 0.717) is 16.9 Å². The van der Waals surface area contributed by atoms with Gasteiger partial charge in [-0.25, -0.2) is 4.79 Å². The summed E-state index contributed by atoms with van der Waals surface area (Å²) in [5.41, 5.74) is 1.90. The fourth-order valence-electron chi connectivity index (χ4n) is 1.97. The largest absolute Gasteiger partial charge is 0.465 e. The van der Waals surface area contributed by atoms with Crippen molar-refractivity contribution in [2.45, 2.75) is 20.8 Å². The molecule has 0 saturated carbocycles. The van der Waals surface area contributed by atoms with E-state index in [9.17, 15) is 9.59 Å². The summed E-state index contributed by atoms with van der Waals surface area (Å²) < 4.78 is 10.3. The number of Topliss-reactive ketones (excluding diaryl/α,β-unsaturated/α-hetero) is 1. The topological polar surface area (TPSA) is 56.5 Å². The maximum atomic E-state index is 11.9. The zero-order chi connectivity index (χ0) is 14.2. The number of esters is 1. The molecule has 1 heterocycles. The van der Waals surface area contributed by atoms with E-state index in [-0.39, 0.29) is 11.7 Å². The molecule has 0 atom stereocenters. The number of methoxy groups -OCH3 is 1. The minimum Gasteiger partial charge on any atom is -0.465 e. The maximum absolute atomic E-state index is 11.9. The smallest absolute Gasteiger partial charge is 0.337 e.